The topological polar surface area (TPSA) is 48.3 Å². The molecule has 25 heavy (non-hydrogen) atoms. The van der Waals surface area contributed by atoms with Crippen molar-refractivity contribution in [3.05, 3.63) is 72.3 Å². The predicted octanol–water partition coefficient (Wildman–Crippen LogP) is 3.74. The number of hydrogen-bond donors (Lipinski definition) is 1. The molecule has 1 heterocycles. The lowest BCUT2D eigenvalue weighted by Gasteiger charge is -2.16. The lowest BCUT2D eigenvalue weighted by Crippen LogP contribution is -2.18. The van der Waals surface area contributed by atoms with Gasteiger partial charge in [-0.2, -0.15) is 0 Å². The number of aromatic nitrogens is 2. The first-order valence-electron chi connectivity index (χ1n) is 8.23. The molecule has 0 spiro atoms. The summed E-state index contributed by atoms with van der Waals surface area (Å²) in [4.78, 5) is 4.08. The van der Waals surface area contributed by atoms with Gasteiger partial charge in [-0.05, 0) is 42.3 Å². The van der Waals surface area contributed by atoms with Crippen molar-refractivity contribution in [2.75, 3.05) is 14.2 Å². The summed E-state index contributed by atoms with van der Waals surface area (Å²) in [6, 6.07) is 14.6. The maximum Gasteiger partial charge on any atom is 0.122 e. The Labute approximate surface area is 148 Å². The largest absolute Gasteiger partial charge is 0.497 e. The molecule has 1 aromatic heterocycles. The van der Waals surface area contributed by atoms with E-state index < -0.39 is 0 Å². The molecule has 0 amide bonds. The summed E-state index contributed by atoms with van der Waals surface area (Å²) < 4.78 is 12.6. The van der Waals surface area contributed by atoms with Crippen LogP contribution in [0.1, 0.15) is 24.1 Å². The average Bonchev–Trinajstić information content (AvgIpc) is 3.20. The minimum absolute atomic E-state index is 0.231. The molecule has 0 aliphatic carbocycles. The lowest BCUT2D eigenvalue weighted by atomic mass is 10.1. The van der Waals surface area contributed by atoms with E-state index in [4.69, 9.17) is 9.47 Å². The molecule has 2 aromatic carbocycles. The Kier molecular flexibility index (Phi) is 5.36. The van der Waals surface area contributed by atoms with E-state index in [-0.39, 0.29) is 6.04 Å². The van der Waals surface area contributed by atoms with Gasteiger partial charge in [0.05, 0.1) is 20.5 Å². The van der Waals surface area contributed by atoms with Crippen LogP contribution in [-0.2, 0) is 6.54 Å². The van der Waals surface area contributed by atoms with E-state index in [2.05, 4.69) is 41.5 Å². The molecule has 5 nitrogen and oxygen atoms in total. The fourth-order valence-electron chi connectivity index (χ4n) is 2.70. The van der Waals surface area contributed by atoms with Gasteiger partial charge in [-0.1, -0.05) is 12.1 Å². The zero-order valence-corrected chi connectivity index (χ0v) is 14.8. The van der Waals surface area contributed by atoms with Crippen LogP contribution in [-0.4, -0.2) is 23.8 Å². The van der Waals surface area contributed by atoms with Crippen molar-refractivity contribution in [1.29, 1.82) is 0 Å². The molecule has 1 N–H and O–H groups in total. The van der Waals surface area contributed by atoms with Gasteiger partial charge in [0.1, 0.15) is 11.5 Å². The van der Waals surface area contributed by atoms with E-state index in [1.165, 1.54) is 5.56 Å². The van der Waals surface area contributed by atoms with Crippen LogP contribution in [0.3, 0.4) is 0 Å². The predicted molar refractivity (Wildman–Crippen MR) is 98.4 cm³/mol. The fourth-order valence-corrected chi connectivity index (χ4v) is 2.70. The Morgan fingerprint density at radius 3 is 2.28 bits per heavy atom. The molecule has 5 heteroatoms. The number of benzene rings is 2. The van der Waals surface area contributed by atoms with E-state index >= 15 is 0 Å². The molecule has 0 aliphatic rings. The number of rotatable bonds is 7. The van der Waals surface area contributed by atoms with Gasteiger partial charge < -0.3 is 19.4 Å². The number of ether oxygens (including phenoxy) is 2. The third kappa shape index (κ3) is 4.19. The van der Waals surface area contributed by atoms with Crippen LogP contribution in [0.4, 0.5) is 0 Å². The molecular weight excluding hydrogens is 314 g/mol. The third-order valence-electron chi connectivity index (χ3n) is 4.22. The zero-order chi connectivity index (χ0) is 17.6. The van der Waals surface area contributed by atoms with Gasteiger partial charge in [-0.3, -0.25) is 0 Å². The van der Waals surface area contributed by atoms with Gasteiger partial charge in [0, 0.05) is 36.7 Å². The van der Waals surface area contributed by atoms with Gasteiger partial charge in [0.25, 0.3) is 0 Å². The molecule has 0 bridgehead atoms. The minimum Gasteiger partial charge on any atom is -0.497 e. The maximum atomic E-state index is 5.32. The molecule has 0 aliphatic heterocycles. The number of imidazole rings is 1. The highest BCUT2D eigenvalue weighted by molar-refractivity contribution is 5.39. The van der Waals surface area contributed by atoms with E-state index in [0.29, 0.717) is 0 Å². The SMILES string of the molecule is COc1cc(CN[C@@H](C)c2ccc(-n3ccnc3)cc2)cc(OC)c1. The molecule has 0 saturated heterocycles. The van der Waals surface area contributed by atoms with Crippen molar-refractivity contribution in [3.63, 3.8) is 0 Å². The second kappa shape index (κ2) is 7.85. The summed E-state index contributed by atoms with van der Waals surface area (Å²) in [6.45, 7) is 2.89. The van der Waals surface area contributed by atoms with E-state index in [0.717, 1.165) is 29.3 Å². The quantitative estimate of drug-likeness (QED) is 0.713. The molecule has 0 fully saturated rings. The van der Waals surface area contributed by atoms with Gasteiger partial charge in [-0.15, -0.1) is 0 Å². The molecule has 0 radical (unpaired) electrons. The number of nitrogens with one attached hydrogen (secondary N) is 1. The Bertz CT molecular complexity index is 776. The molecule has 130 valence electrons. The number of hydrogen-bond acceptors (Lipinski definition) is 4. The zero-order valence-electron chi connectivity index (χ0n) is 14.8. The standard InChI is InChI=1S/C20H23N3O2/c1-15(17-4-6-18(7-5-17)23-9-8-21-14-23)22-13-16-10-19(24-2)12-20(11-16)25-3/h4-12,14-15,22H,13H2,1-3H3/t15-/m0/s1. The first-order chi connectivity index (χ1) is 12.2. The summed E-state index contributed by atoms with van der Waals surface area (Å²) >= 11 is 0. The minimum atomic E-state index is 0.231. The van der Waals surface area contributed by atoms with Crippen molar-refractivity contribution in [2.45, 2.75) is 19.5 Å². The van der Waals surface area contributed by atoms with Gasteiger partial charge in [0.15, 0.2) is 0 Å². The van der Waals surface area contributed by atoms with Crippen molar-refractivity contribution in [2.24, 2.45) is 0 Å². The second-order valence-electron chi connectivity index (χ2n) is 5.88. The van der Waals surface area contributed by atoms with Crippen LogP contribution >= 0.6 is 0 Å². The van der Waals surface area contributed by atoms with Gasteiger partial charge >= 0.3 is 0 Å². The number of nitrogens with zero attached hydrogens (tertiary/aromatic N) is 2. The highest BCUT2D eigenvalue weighted by Gasteiger charge is 2.07. The van der Waals surface area contributed by atoms with E-state index in [1.54, 1.807) is 26.7 Å². The normalized spacial score (nSPS) is 12.0. The third-order valence-corrected chi connectivity index (χ3v) is 4.22. The highest BCUT2D eigenvalue weighted by atomic mass is 16.5. The molecule has 3 rings (SSSR count). The molecule has 0 unspecified atom stereocenters. The summed E-state index contributed by atoms with van der Waals surface area (Å²) in [5.41, 5.74) is 3.46. The number of methoxy groups -OCH3 is 2. The molecular formula is C20H23N3O2. The van der Waals surface area contributed by atoms with Crippen LogP contribution in [0.5, 0.6) is 11.5 Å². The van der Waals surface area contributed by atoms with Crippen LogP contribution in [0.15, 0.2) is 61.2 Å². The summed E-state index contributed by atoms with van der Waals surface area (Å²) in [5, 5.41) is 3.54. The molecule has 1 atom stereocenters. The Morgan fingerprint density at radius 1 is 1.04 bits per heavy atom. The average molecular weight is 337 g/mol. The van der Waals surface area contributed by atoms with Gasteiger partial charge in [0.2, 0.25) is 0 Å². The first-order valence-corrected chi connectivity index (χ1v) is 8.23. The van der Waals surface area contributed by atoms with Crippen molar-refractivity contribution >= 4 is 0 Å². The first kappa shape index (κ1) is 17.0. The Hall–Kier alpha value is -2.79. The van der Waals surface area contributed by atoms with Crippen LogP contribution in [0, 0.1) is 0 Å². The Morgan fingerprint density at radius 2 is 1.72 bits per heavy atom. The maximum absolute atomic E-state index is 5.32. The highest BCUT2D eigenvalue weighted by Crippen LogP contribution is 2.23. The smallest absolute Gasteiger partial charge is 0.122 e. The van der Waals surface area contributed by atoms with Crippen molar-refractivity contribution in [3.8, 4) is 17.2 Å². The summed E-state index contributed by atoms with van der Waals surface area (Å²) in [7, 11) is 3.33. The monoisotopic (exact) mass is 337 g/mol. The summed E-state index contributed by atoms with van der Waals surface area (Å²) in [5.74, 6) is 1.60. The van der Waals surface area contributed by atoms with Crippen molar-refractivity contribution < 1.29 is 9.47 Å². The van der Waals surface area contributed by atoms with E-state index in [1.807, 2.05) is 29.0 Å². The van der Waals surface area contributed by atoms with Crippen LogP contribution in [0.25, 0.3) is 5.69 Å². The van der Waals surface area contributed by atoms with Crippen LogP contribution in [0.2, 0.25) is 0 Å². The van der Waals surface area contributed by atoms with Crippen LogP contribution < -0.4 is 14.8 Å². The molecule has 3 aromatic rings. The second-order valence-corrected chi connectivity index (χ2v) is 5.88. The van der Waals surface area contributed by atoms with Crippen molar-refractivity contribution in [1.82, 2.24) is 14.9 Å². The lowest BCUT2D eigenvalue weighted by molar-refractivity contribution is 0.392. The fraction of sp³-hybridized carbons (Fsp3) is 0.250. The van der Waals surface area contributed by atoms with Gasteiger partial charge in [-0.25, -0.2) is 4.98 Å². The summed E-state index contributed by atoms with van der Waals surface area (Å²) in [6.07, 6.45) is 5.51. The molecule has 0 saturated carbocycles. The van der Waals surface area contributed by atoms with E-state index in [9.17, 15) is 0 Å². The Balaban J connectivity index is 1.65.